The zero-order valence-corrected chi connectivity index (χ0v) is 24.8. The summed E-state index contributed by atoms with van der Waals surface area (Å²) in [5, 5.41) is 9.78. The maximum Gasteiger partial charge on any atom is 0.407 e. The van der Waals surface area contributed by atoms with E-state index in [0.29, 0.717) is 54.9 Å². The molecule has 1 aromatic heterocycles. The maximum atomic E-state index is 14.2. The van der Waals surface area contributed by atoms with Gasteiger partial charge in [0, 0.05) is 54.6 Å². The summed E-state index contributed by atoms with van der Waals surface area (Å²) in [6.45, 7) is 2.68. The molecule has 1 atom stereocenters. The highest BCUT2D eigenvalue weighted by molar-refractivity contribution is 6.30. The maximum absolute atomic E-state index is 14.2. The number of anilines is 1. The highest BCUT2D eigenvalue weighted by atomic mass is 35.5. The Kier molecular flexibility index (Phi) is 7.10. The lowest BCUT2D eigenvalue weighted by molar-refractivity contribution is 0.0723. The molecule has 0 bridgehead atoms. The first kappa shape index (κ1) is 27.8. The number of hydrogen-bond acceptors (Lipinski definition) is 5. The van der Waals surface area contributed by atoms with Crippen molar-refractivity contribution < 1.29 is 19.4 Å². The summed E-state index contributed by atoms with van der Waals surface area (Å²) in [5.41, 5.74) is 7.03. The molecule has 1 unspecified atom stereocenters. The monoisotopic (exact) mass is 607 g/mol. The number of aromatic amines is 1. The molecule has 44 heavy (non-hydrogen) atoms. The molecule has 10 heteroatoms. The Morgan fingerprint density at radius 3 is 2.43 bits per heavy atom. The number of para-hydroxylation sites is 2. The Bertz CT molecular complexity index is 1850. The molecule has 1 fully saturated rings. The Balaban J connectivity index is 1.19. The molecule has 222 valence electrons. The minimum Gasteiger partial charge on any atom is -0.496 e. The fourth-order valence-corrected chi connectivity index (χ4v) is 6.40. The molecule has 2 N–H and O–H groups in total. The van der Waals surface area contributed by atoms with Crippen molar-refractivity contribution >= 4 is 40.3 Å². The Morgan fingerprint density at radius 2 is 1.70 bits per heavy atom. The molecule has 5 aromatic rings. The largest absolute Gasteiger partial charge is 0.496 e. The van der Waals surface area contributed by atoms with Crippen LogP contribution in [0.3, 0.4) is 0 Å². The van der Waals surface area contributed by atoms with Gasteiger partial charge >= 0.3 is 6.09 Å². The van der Waals surface area contributed by atoms with Crippen LogP contribution >= 0.6 is 11.6 Å². The SMILES string of the molecule is COc1ccc(Cl)cc1C(c1nc2ccccc2[nH]1)N1Cc2ccc(-c3ccc(N4CCN(C(=O)O)CC4)cc3)cc2C1=O. The van der Waals surface area contributed by atoms with Gasteiger partial charge in [0.2, 0.25) is 0 Å². The number of H-pyrrole nitrogens is 1. The average Bonchev–Trinajstić information content (AvgIpc) is 3.62. The van der Waals surface area contributed by atoms with Crippen LogP contribution < -0.4 is 9.64 Å². The van der Waals surface area contributed by atoms with Crippen LogP contribution in [-0.2, 0) is 6.54 Å². The number of fused-ring (bicyclic) bond motifs is 2. The van der Waals surface area contributed by atoms with Crippen molar-refractivity contribution in [2.24, 2.45) is 0 Å². The summed E-state index contributed by atoms with van der Waals surface area (Å²) in [7, 11) is 1.61. The zero-order chi connectivity index (χ0) is 30.4. The number of hydrogen-bond donors (Lipinski definition) is 2. The van der Waals surface area contributed by atoms with Crippen LogP contribution in [0.15, 0.2) is 84.9 Å². The number of carbonyl (C=O) groups is 2. The third-order valence-corrected chi connectivity index (χ3v) is 8.76. The van der Waals surface area contributed by atoms with Crippen molar-refractivity contribution in [1.29, 1.82) is 0 Å². The molecule has 0 radical (unpaired) electrons. The van der Waals surface area contributed by atoms with Gasteiger partial charge in [0.1, 0.15) is 17.6 Å². The number of rotatable bonds is 6. The third kappa shape index (κ3) is 4.99. The van der Waals surface area contributed by atoms with Crippen LogP contribution in [0.5, 0.6) is 5.75 Å². The van der Waals surface area contributed by atoms with Crippen molar-refractivity contribution in [3.05, 3.63) is 112 Å². The number of piperazine rings is 1. The zero-order valence-electron chi connectivity index (χ0n) is 24.0. The number of methoxy groups -OCH3 is 1. The second-order valence-corrected chi connectivity index (χ2v) is 11.5. The summed E-state index contributed by atoms with van der Waals surface area (Å²) in [6, 6.07) is 26.9. The number of benzene rings is 4. The number of imidazole rings is 1. The fourth-order valence-electron chi connectivity index (χ4n) is 6.22. The molecule has 1 saturated heterocycles. The number of aromatic nitrogens is 2. The van der Waals surface area contributed by atoms with Crippen LogP contribution in [-0.4, -0.2) is 70.2 Å². The lowest BCUT2D eigenvalue weighted by Gasteiger charge is -2.34. The average molecular weight is 608 g/mol. The summed E-state index contributed by atoms with van der Waals surface area (Å²) in [4.78, 5) is 39.2. The van der Waals surface area contributed by atoms with E-state index in [1.54, 1.807) is 13.2 Å². The number of amides is 2. The van der Waals surface area contributed by atoms with E-state index < -0.39 is 12.1 Å². The third-order valence-electron chi connectivity index (χ3n) is 8.52. The second kappa shape index (κ2) is 11.2. The molecular weight excluding hydrogens is 578 g/mol. The Labute approximate surface area is 259 Å². The van der Waals surface area contributed by atoms with Crippen molar-refractivity contribution in [3.63, 3.8) is 0 Å². The van der Waals surface area contributed by atoms with Crippen molar-refractivity contribution in [2.75, 3.05) is 38.2 Å². The molecule has 4 aromatic carbocycles. The molecular formula is C34H30ClN5O4. The minimum absolute atomic E-state index is 0.0951. The van der Waals surface area contributed by atoms with Gasteiger partial charge in [-0.15, -0.1) is 0 Å². The number of halogens is 1. The number of carboxylic acid groups (broad SMARTS) is 1. The molecule has 0 spiro atoms. The van der Waals surface area contributed by atoms with E-state index >= 15 is 0 Å². The summed E-state index contributed by atoms with van der Waals surface area (Å²) >= 11 is 6.47. The number of nitrogens with zero attached hydrogens (tertiary/aromatic N) is 4. The first-order valence-corrected chi connectivity index (χ1v) is 14.8. The van der Waals surface area contributed by atoms with E-state index in [4.69, 9.17) is 21.3 Å². The molecule has 7 rings (SSSR count). The van der Waals surface area contributed by atoms with E-state index in [1.807, 2.05) is 71.6 Å². The molecule has 2 aliphatic heterocycles. The van der Waals surface area contributed by atoms with Gasteiger partial charge in [-0.2, -0.15) is 0 Å². The van der Waals surface area contributed by atoms with E-state index in [9.17, 15) is 14.7 Å². The quantitative estimate of drug-likeness (QED) is 0.230. The van der Waals surface area contributed by atoms with Crippen LogP contribution in [0.1, 0.15) is 33.4 Å². The highest BCUT2D eigenvalue weighted by Crippen LogP contribution is 2.41. The molecule has 0 aliphatic carbocycles. The minimum atomic E-state index is -0.875. The van der Waals surface area contributed by atoms with Gasteiger partial charge in [-0.05, 0) is 65.2 Å². The Hall–Kier alpha value is -5.02. The van der Waals surface area contributed by atoms with Gasteiger partial charge in [0.25, 0.3) is 5.91 Å². The standard InChI is InChI=1S/C34H30ClN5O4/c1-44-30-13-10-24(35)19-27(30)31(32-36-28-4-2-3-5-29(28)37-32)40-20-23-7-6-22(18-26(23)33(40)41)21-8-11-25(12-9-21)38-14-16-39(17-15-38)34(42)43/h2-13,18-19,31H,14-17,20H2,1H3,(H,36,37)(H,42,43). The first-order chi connectivity index (χ1) is 21.4. The smallest absolute Gasteiger partial charge is 0.407 e. The van der Waals surface area contributed by atoms with Crippen molar-refractivity contribution in [2.45, 2.75) is 12.6 Å². The van der Waals surface area contributed by atoms with E-state index in [2.05, 4.69) is 22.0 Å². The van der Waals surface area contributed by atoms with Crippen LogP contribution in [0, 0.1) is 0 Å². The lowest BCUT2D eigenvalue weighted by atomic mass is 10.00. The van der Waals surface area contributed by atoms with E-state index in [-0.39, 0.29) is 5.91 Å². The normalized spacial score (nSPS) is 15.5. The fraction of sp³-hybridized carbons (Fsp3) is 0.206. The van der Waals surface area contributed by atoms with Crippen molar-refractivity contribution in [1.82, 2.24) is 19.8 Å². The van der Waals surface area contributed by atoms with Gasteiger partial charge in [-0.25, -0.2) is 9.78 Å². The van der Waals surface area contributed by atoms with Gasteiger partial charge in [-0.1, -0.05) is 48.0 Å². The Morgan fingerprint density at radius 1 is 0.955 bits per heavy atom. The van der Waals surface area contributed by atoms with E-state index in [0.717, 1.165) is 39.0 Å². The summed E-state index contributed by atoms with van der Waals surface area (Å²) in [6.07, 6.45) is -0.875. The molecule has 9 nitrogen and oxygen atoms in total. The van der Waals surface area contributed by atoms with Gasteiger partial charge in [0.05, 0.1) is 18.1 Å². The van der Waals surface area contributed by atoms with Crippen LogP contribution in [0.25, 0.3) is 22.2 Å². The summed E-state index contributed by atoms with van der Waals surface area (Å²) in [5.74, 6) is 1.16. The number of nitrogens with one attached hydrogen (secondary N) is 1. The predicted octanol–water partition coefficient (Wildman–Crippen LogP) is 6.44. The lowest BCUT2D eigenvalue weighted by Crippen LogP contribution is -2.48. The number of ether oxygens (including phenoxy) is 1. The van der Waals surface area contributed by atoms with Gasteiger partial charge in [-0.3, -0.25) is 4.79 Å². The van der Waals surface area contributed by atoms with Crippen LogP contribution in [0.4, 0.5) is 10.5 Å². The van der Waals surface area contributed by atoms with Gasteiger partial charge < -0.3 is 29.5 Å². The molecule has 3 heterocycles. The topological polar surface area (TPSA) is 102 Å². The highest BCUT2D eigenvalue weighted by Gasteiger charge is 2.37. The van der Waals surface area contributed by atoms with E-state index in [1.165, 1.54) is 4.90 Å². The predicted molar refractivity (Wildman–Crippen MR) is 170 cm³/mol. The summed E-state index contributed by atoms with van der Waals surface area (Å²) < 4.78 is 5.72. The van der Waals surface area contributed by atoms with Crippen molar-refractivity contribution in [3.8, 4) is 16.9 Å². The second-order valence-electron chi connectivity index (χ2n) is 11.0. The molecule has 2 amide bonds. The van der Waals surface area contributed by atoms with Gasteiger partial charge in [0.15, 0.2) is 0 Å². The first-order valence-electron chi connectivity index (χ1n) is 14.4. The van der Waals surface area contributed by atoms with Crippen LogP contribution in [0.2, 0.25) is 5.02 Å². The molecule has 2 aliphatic rings. The molecule has 0 saturated carbocycles. The number of carbonyl (C=O) groups excluding carboxylic acids is 1.